The van der Waals surface area contributed by atoms with Crippen molar-refractivity contribution in [3.8, 4) is 0 Å². The van der Waals surface area contributed by atoms with Crippen molar-refractivity contribution in [1.82, 2.24) is 9.97 Å². The van der Waals surface area contributed by atoms with Crippen LogP contribution in [0.3, 0.4) is 0 Å². The third-order valence-corrected chi connectivity index (χ3v) is 4.24. The molecular formula is C18H16FN3O. The second-order valence-corrected chi connectivity index (χ2v) is 6.92. The minimum absolute atomic E-state index is 0.148. The molecule has 1 aromatic heterocycles. The number of imidazole rings is 1. The second-order valence-electron chi connectivity index (χ2n) is 6.92. The fourth-order valence-corrected chi connectivity index (χ4v) is 3.09. The van der Waals surface area contributed by atoms with Crippen molar-refractivity contribution in [2.24, 2.45) is 4.99 Å². The number of halogens is 1. The lowest BCUT2D eigenvalue weighted by Gasteiger charge is -2.14. The van der Waals surface area contributed by atoms with Gasteiger partial charge in [-0.25, -0.2) is 14.4 Å². The molecule has 0 bridgehead atoms. The highest BCUT2D eigenvalue weighted by Crippen LogP contribution is 2.35. The topological polar surface area (TPSA) is 58.1 Å². The Labute approximate surface area is 132 Å². The zero-order valence-electron chi connectivity index (χ0n) is 13.2. The number of fused-ring (bicyclic) bond motifs is 6. The fraction of sp³-hybridized carbons (Fsp3) is 0.278. The van der Waals surface area contributed by atoms with E-state index in [9.17, 15) is 9.18 Å². The van der Waals surface area contributed by atoms with Crippen LogP contribution in [0.25, 0.3) is 21.8 Å². The number of aromatic amines is 1. The van der Waals surface area contributed by atoms with Crippen LogP contribution in [-0.2, 0) is 11.8 Å². The highest BCUT2D eigenvalue weighted by Gasteiger charge is 2.26. The molecule has 116 valence electrons. The van der Waals surface area contributed by atoms with Crippen molar-refractivity contribution in [3.05, 3.63) is 41.0 Å². The van der Waals surface area contributed by atoms with Gasteiger partial charge in [0.05, 0.1) is 16.6 Å². The third-order valence-electron chi connectivity index (χ3n) is 4.24. The number of hydrogen-bond donors (Lipinski definition) is 1. The van der Waals surface area contributed by atoms with Crippen molar-refractivity contribution in [3.63, 3.8) is 0 Å². The summed E-state index contributed by atoms with van der Waals surface area (Å²) in [4.78, 5) is 24.3. The Bertz CT molecular complexity index is 1010. The number of rotatable bonds is 0. The molecule has 2 heterocycles. The molecule has 2 aromatic carbocycles. The summed E-state index contributed by atoms with van der Waals surface area (Å²) in [5.74, 6) is 0.155. The Morgan fingerprint density at radius 1 is 1.22 bits per heavy atom. The summed E-state index contributed by atoms with van der Waals surface area (Å²) in [6, 6.07) is 4.51. The first-order valence-electron chi connectivity index (χ1n) is 7.57. The molecule has 0 radical (unpaired) electrons. The lowest BCUT2D eigenvalue weighted by Crippen LogP contribution is -2.13. The van der Waals surface area contributed by atoms with E-state index in [1.165, 1.54) is 12.1 Å². The Morgan fingerprint density at radius 3 is 2.74 bits per heavy atom. The molecule has 0 saturated heterocycles. The maximum absolute atomic E-state index is 13.8. The van der Waals surface area contributed by atoms with Crippen LogP contribution in [0.5, 0.6) is 0 Å². The zero-order valence-corrected chi connectivity index (χ0v) is 13.2. The van der Waals surface area contributed by atoms with Gasteiger partial charge in [-0.1, -0.05) is 20.8 Å². The molecule has 0 atom stereocenters. The van der Waals surface area contributed by atoms with Crippen molar-refractivity contribution < 1.29 is 9.18 Å². The fourth-order valence-electron chi connectivity index (χ4n) is 3.09. The maximum atomic E-state index is 13.8. The van der Waals surface area contributed by atoms with Gasteiger partial charge in [-0.15, -0.1) is 0 Å². The average Bonchev–Trinajstić information content (AvgIpc) is 2.92. The first-order chi connectivity index (χ1) is 10.9. The van der Waals surface area contributed by atoms with Crippen molar-refractivity contribution in [1.29, 1.82) is 0 Å². The number of carbonyl (C=O) groups excluding carboxylic acids is 1. The number of aromatic nitrogens is 2. The Morgan fingerprint density at radius 2 is 2.00 bits per heavy atom. The van der Waals surface area contributed by atoms with Crippen molar-refractivity contribution in [2.75, 3.05) is 0 Å². The Kier molecular flexibility index (Phi) is 2.73. The number of nitrogens with one attached hydrogen (secondary N) is 1. The van der Waals surface area contributed by atoms with Gasteiger partial charge in [0.25, 0.3) is 5.91 Å². The molecule has 4 rings (SSSR count). The first-order valence-corrected chi connectivity index (χ1v) is 7.57. The SMILES string of the molecule is CC(C)(C)c1nc2c3c(c4cc(F)ccc4c2[nH]1)C(=O)N=CC3. The van der Waals surface area contributed by atoms with Gasteiger partial charge in [-0.05, 0) is 29.1 Å². The van der Waals surface area contributed by atoms with Crippen LogP contribution in [0.2, 0.25) is 0 Å². The number of carbonyl (C=O) groups is 1. The van der Waals surface area contributed by atoms with Crippen LogP contribution in [0.15, 0.2) is 23.2 Å². The first kappa shape index (κ1) is 14.1. The molecule has 1 aliphatic heterocycles. The lowest BCUT2D eigenvalue weighted by molar-refractivity contribution is 0.100. The van der Waals surface area contributed by atoms with Crippen molar-refractivity contribution in [2.45, 2.75) is 32.6 Å². The molecular weight excluding hydrogens is 293 g/mol. The second kappa shape index (κ2) is 4.47. The monoisotopic (exact) mass is 309 g/mol. The maximum Gasteiger partial charge on any atom is 0.277 e. The molecule has 0 fully saturated rings. The molecule has 5 heteroatoms. The summed E-state index contributed by atoms with van der Waals surface area (Å²) in [5, 5.41) is 1.40. The normalized spacial score (nSPS) is 14.7. The van der Waals surface area contributed by atoms with E-state index in [-0.39, 0.29) is 17.1 Å². The molecule has 0 aliphatic carbocycles. The van der Waals surface area contributed by atoms with E-state index in [0.717, 1.165) is 27.8 Å². The van der Waals surface area contributed by atoms with Gasteiger partial charge in [0.1, 0.15) is 11.6 Å². The Hall–Kier alpha value is -2.56. The summed E-state index contributed by atoms with van der Waals surface area (Å²) in [5.41, 5.74) is 2.78. The van der Waals surface area contributed by atoms with Gasteiger partial charge in [-0.2, -0.15) is 0 Å². The van der Waals surface area contributed by atoms with Gasteiger partial charge in [-0.3, -0.25) is 4.79 Å². The largest absolute Gasteiger partial charge is 0.341 e. The van der Waals surface area contributed by atoms with Gasteiger partial charge in [0, 0.05) is 23.4 Å². The standard InChI is InChI=1S/C18H16FN3O/c1-18(2,3)17-21-14-10-5-4-9(19)8-12(10)13-11(15(14)22-17)6-7-20-16(13)23/h4-5,7-8H,6H2,1-3H3,(H,21,22). The van der Waals surface area contributed by atoms with E-state index in [0.29, 0.717) is 17.4 Å². The number of nitrogens with zero attached hydrogens (tertiary/aromatic N) is 2. The summed E-state index contributed by atoms with van der Waals surface area (Å²) >= 11 is 0. The number of amides is 1. The zero-order chi connectivity index (χ0) is 16.4. The highest BCUT2D eigenvalue weighted by molar-refractivity contribution is 6.20. The van der Waals surface area contributed by atoms with Crippen LogP contribution in [0, 0.1) is 5.82 Å². The van der Waals surface area contributed by atoms with Crippen LogP contribution in [-0.4, -0.2) is 22.1 Å². The Balaban J connectivity index is 2.22. The predicted molar refractivity (Wildman–Crippen MR) is 88.8 cm³/mol. The summed E-state index contributed by atoms with van der Waals surface area (Å²) in [6.07, 6.45) is 2.12. The number of benzene rings is 2. The van der Waals surface area contributed by atoms with Gasteiger partial charge >= 0.3 is 0 Å². The summed E-state index contributed by atoms with van der Waals surface area (Å²) in [7, 11) is 0. The number of hydrogen-bond acceptors (Lipinski definition) is 2. The minimum Gasteiger partial charge on any atom is -0.341 e. The summed E-state index contributed by atoms with van der Waals surface area (Å²) < 4.78 is 13.8. The molecule has 1 amide bonds. The van der Waals surface area contributed by atoms with E-state index in [1.54, 1.807) is 12.3 Å². The molecule has 23 heavy (non-hydrogen) atoms. The average molecular weight is 309 g/mol. The van der Waals surface area contributed by atoms with E-state index in [4.69, 9.17) is 4.98 Å². The van der Waals surface area contributed by atoms with E-state index in [1.807, 2.05) is 0 Å². The molecule has 1 N–H and O–H groups in total. The van der Waals surface area contributed by atoms with Crippen LogP contribution in [0.1, 0.15) is 42.5 Å². The molecule has 0 saturated carbocycles. The quantitative estimate of drug-likeness (QED) is 0.684. The molecule has 1 aliphatic rings. The van der Waals surface area contributed by atoms with Gasteiger partial charge < -0.3 is 4.98 Å². The molecule has 0 unspecified atom stereocenters. The van der Waals surface area contributed by atoms with E-state index >= 15 is 0 Å². The number of aliphatic imine (C=N–C) groups is 1. The predicted octanol–water partition coefficient (Wildman–Crippen LogP) is 3.92. The van der Waals surface area contributed by atoms with E-state index in [2.05, 4.69) is 30.7 Å². The van der Waals surface area contributed by atoms with Crippen molar-refractivity contribution >= 4 is 33.9 Å². The third kappa shape index (κ3) is 2.00. The lowest BCUT2D eigenvalue weighted by atomic mass is 9.93. The number of H-pyrrole nitrogens is 1. The van der Waals surface area contributed by atoms with Crippen LogP contribution < -0.4 is 0 Å². The smallest absolute Gasteiger partial charge is 0.277 e. The molecule has 0 spiro atoms. The molecule has 3 aromatic rings. The minimum atomic E-state index is -0.364. The highest BCUT2D eigenvalue weighted by atomic mass is 19.1. The van der Waals surface area contributed by atoms with E-state index < -0.39 is 0 Å². The summed E-state index contributed by atoms with van der Waals surface area (Å²) in [6.45, 7) is 6.23. The van der Waals surface area contributed by atoms with Gasteiger partial charge in [0.15, 0.2) is 0 Å². The van der Waals surface area contributed by atoms with Crippen LogP contribution >= 0.6 is 0 Å². The van der Waals surface area contributed by atoms with Gasteiger partial charge in [0.2, 0.25) is 0 Å². The molecule has 4 nitrogen and oxygen atoms in total. The van der Waals surface area contributed by atoms with Crippen LogP contribution in [0.4, 0.5) is 4.39 Å².